The Morgan fingerprint density at radius 2 is 2.23 bits per heavy atom. The van der Waals surface area contributed by atoms with Crippen LogP contribution in [0, 0.1) is 13.8 Å². The monoisotopic (exact) mass is 301 g/mol. The van der Waals surface area contributed by atoms with Gasteiger partial charge >= 0.3 is 5.69 Å². The van der Waals surface area contributed by atoms with E-state index in [-0.39, 0.29) is 11.6 Å². The Kier molecular flexibility index (Phi) is 3.79. The second-order valence-corrected chi connectivity index (χ2v) is 5.61. The fraction of sp³-hybridized carbons (Fsp3) is 0.467. The number of rotatable bonds is 4. The number of aromatic nitrogens is 4. The molecule has 0 bridgehead atoms. The van der Waals surface area contributed by atoms with Gasteiger partial charge in [0.2, 0.25) is 0 Å². The van der Waals surface area contributed by atoms with Crippen molar-refractivity contribution in [2.45, 2.75) is 39.7 Å². The van der Waals surface area contributed by atoms with Crippen molar-refractivity contribution in [1.82, 2.24) is 25.1 Å². The van der Waals surface area contributed by atoms with E-state index in [1.807, 2.05) is 13.0 Å². The third-order valence-electron chi connectivity index (χ3n) is 3.99. The van der Waals surface area contributed by atoms with Crippen LogP contribution >= 0.6 is 0 Å². The van der Waals surface area contributed by atoms with Gasteiger partial charge in [0.05, 0.1) is 0 Å². The third-order valence-corrected chi connectivity index (χ3v) is 3.99. The molecule has 0 unspecified atom stereocenters. The zero-order chi connectivity index (χ0) is 15.7. The molecular formula is C15H19N5O2. The number of hydrogen-bond acceptors (Lipinski definition) is 4. The first-order valence-electron chi connectivity index (χ1n) is 7.45. The van der Waals surface area contributed by atoms with Gasteiger partial charge in [-0.15, -0.1) is 0 Å². The van der Waals surface area contributed by atoms with Crippen LogP contribution in [0.5, 0.6) is 0 Å². The van der Waals surface area contributed by atoms with E-state index in [0.717, 1.165) is 36.2 Å². The molecule has 1 aliphatic rings. The molecule has 0 fully saturated rings. The zero-order valence-corrected chi connectivity index (χ0v) is 12.8. The van der Waals surface area contributed by atoms with Gasteiger partial charge in [0.25, 0.3) is 5.91 Å². The molecule has 0 radical (unpaired) electrons. The second kappa shape index (κ2) is 5.75. The molecule has 0 atom stereocenters. The van der Waals surface area contributed by atoms with Crippen molar-refractivity contribution >= 4 is 5.91 Å². The van der Waals surface area contributed by atoms with Crippen LogP contribution in [-0.2, 0) is 19.4 Å². The maximum absolute atomic E-state index is 12.2. The molecule has 1 aliphatic carbocycles. The lowest BCUT2D eigenvalue weighted by atomic mass is 10.2. The van der Waals surface area contributed by atoms with Crippen LogP contribution in [0.15, 0.2) is 10.9 Å². The number of aromatic amines is 1. The number of carbonyl (C=O) groups excluding carboxylic acids is 1. The predicted molar refractivity (Wildman–Crippen MR) is 80.9 cm³/mol. The average molecular weight is 301 g/mol. The molecule has 3 rings (SSSR count). The molecule has 0 saturated carbocycles. The molecule has 2 heterocycles. The van der Waals surface area contributed by atoms with E-state index in [0.29, 0.717) is 24.5 Å². The summed E-state index contributed by atoms with van der Waals surface area (Å²) in [5.41, 5.74) is 3.84. The first-order chi connectivity index (χ1) is 10.6. The fourth-order valence-corrected chi connectivity index (χ4v) is 2.92. The van der Waals surface area contributed by atoms with E-state index in [1.54, 1.807) is 11.5 Å². The lowest BCUT2D eigenvalue weighted by Crippen LogP contribution is -2.33. The summed E-state index contributed by atoms with van der Waals surface area (Å²) < 4.78 is 1.56. The van der Waals surface area contributed by atoms with Gasteiger partial charge in [0, 0.05) is 35.7 Å². The molecule has 2 aromatic heterocycles. The van der Waals surface area contributed by atoms with Crippen molar-refractivity contribution in [2.75, 3.05) is 6.54 Å². The standard InChI is InChI=1S/C15H19N5O2/c1-9-8-10(2)20(15(22)17-9)7-6-16-14(21)13-11-4-3-5-12(11)18-19-13/h8H,3-7H2,1-2H3,(H,16,21)(H,18,19). The van der Waals surface area contributed by atoms with Crippen molar-refractivity contribution in [3.8, 4) is 0 Å². The Labute approximate surface area is 127 Å². The second-order valence-electron chi connectivity index (χ2n) is 5.61. The van der Waals surface area contributed by atoms with Crippen molar-refractivity contribution in [3.63, 3.8) is 0 Å². The summed E-state index contributed by atoms with van der Waals surface area (Å²) >= 11 is 0. The van der Waals surface area contributed by atoms with Gasteiger partial charge in [-0.25, -0.2) is 4.79 Å². The van der Waals surface area contributed by atoms with Crippen LogP contribution in [0.1, 0.15) is 39.6 Å². The molecule has 0 aliphatic heterocycles. The molecular weight excluding hydrogens is 282 g/mol. The van der Waals surface area contributed by atoms with Gasteiger partial charge in [0.15, 0.2) is 5.69 Å². The summed E-state index contributed by atoms with van der Waals surface area (Å²) in [4.78, 5) is 27.9. The van der Waals surface area contributed by atoms with Gasteiger partial charge in [-0.2, -0.15) is 10.1 Å². The van der Waals surface area contributed by atoms with Gasteiger partial charge in [0.1, 0.15) is 0 Å². The third kappa shape index (κ3) is 2.66. The summed E-state index contributed by atoms with van der Waals surface area (Å²) in [7, 11) is 0. The maximum Gasteiger partial charge on any atom is 0.348 e. The molecule has 0 saturated heterocycles. The van der Waals surface area contributed by atoms with Gasteiger partial charge < -0.3 is 5.32 Å². The number of hydrogen-bond donors (Lipinski definition) is 2. The van der Waals surface area contributed by atoms with Gasteiger partial charge in [-0.05, 0) is 39.2 Å². The normalized spacial score (nSPS) is 13.2. The van der Waals surface area contributed by atoms with Crippen LogP contribution in [0.3, 0.4) is 0 Å². The quantitative estimate of drug-likeness (QED) is 0.860. The Morgan fingerprint density at radius 3 is 3.00 bits per heavy atom. The number of nitrogens with zero attached hydrogens (tertiary/aromatic N) is 3. The molecule has 22 heavy (non-hydrogen) atoms. The summed E-state index contributed by atoms with van der Waals surface area (Å²) in [6.07, 6.45) is 2.92. The van der Waals surface area contributed by atoms with E-state index < -0.39 is 0 Å². The molecule has 1 amide bonds. The Bertz CT molecular complexity index is 775. The molecule has 7 heteroatoms. The molecule has 2 aromatic rings. The number of aryl methyl sites for hydroxylation is 3. The largest absolute Gasteiger partial charge is 0.349 e. The van der Waals surface area contributed by atoms with Crippen molar-refractivity contribution in [2.24, 2.45) is 0 Å². The fourth-order valence-electron chi connectivity index (χ4n) is 2.92. The topological polar surface area (TPSA) is 92.7 Å². The minimum Gasteiger partial charge on any atom is -0.349 e. The van der Waals surface area contributed by atoms with E-state index in [9.17, 15) is 9.59 Å². The lowest BCUT2D eigenvalue weighted by molar-refractivity contribution is 0.0946. The minimum atomic E-state index is -0.285. The molecule has 0 aromatic carbocycles. The lowest BCUT2D eigenvalue weighted by Gasteiger charge is -2.10. The van der Waals surface area contributed by atoms with Crippen molar-refractivity contribution < 1.29 is 4.79 Å². The number of carbonyl (C=O) groups is 1. The van der Waals surface area contributed by atoms with Crippen LogP contribution in [0.25, 0.3) is 0 Å². The highest BCUT2D eigenvalue weighted by atomic mass is 16.2. The number of fused-ring (bicyclic) bond motifs is 1. The highest BCUT2D eigenvalue weighted by Crippen LogP contribution is 2.22. The SMILES string of the molecule is Cc1cc(C)n(CCNC(=O)c2n[nH]c3c2CCC3)c(=O)n1. The van der Waals surface area contributed by atoms with Crippen LogP contribution < -0.4 is 11.0 Å². The molecule has 0 spiro atoms. The summed E-state index contributed by atoms with van der Waals surface area (Å²) in [6, 6.07) is 1.85. The van der Waals surface area contributed by atoms with E-state index in [1.165, 1.54) is 0 Å². The number of nitrogens with one attached hydrogen (secondary N) is 2. The van der Waals surface area contributed by atoms with Crippen LogP contribution in [0.2, 0.25) is 0 Å². The summed E-state index contributed by atoms with van der Waals surface area (Å²) in [5, 5.41) is 9.84. The maximum atomic E-state index is 12.2. The zero-order valence-electron chi connectivity index (χ0n) is 12.8. The summed E-state index contributed by atoms with van der Waals surface area (Å²) in [5.74, 6) is -0.190. The average Bonchev–Trinajstić information content (AvgIpc) is 3.03. The highest BCUT2D eigenvalue weighted by molar-refractivity contribution is 5.94. The number of amides is 1. The van der Waals surface area contributed by atoms with E-state index >= 15 is 0 Å². The van der Waals surface area contributed by atoms with E-state index in [4.69, 9.17) is 0 Å². The van der Waals surface area contributed by atoms with Crippen molar-refractivity contribution in [3.05, 3.63) is 44.9 Å². The number of H-pyrrole nitrogens is 1. The smallest absolute Gasteiger partial charge is 0.348 e. The first kappa shape index (κ1) is 14.5. The van der Waals surface area contributed by atoms with Crippen LogP contribution in [0.4, 0.5) is 0 Å². The minimum absolute atomic E-state index is 0.190. The molecule has 2 N–H and O–H groups in total. The van der Waals surface area contributed by atoms with E-state index in [2.05, 4.69) is 20.5 Å². The Morgan fingerprint density at radius 1 is 1.41 bits per heavy atom. The van der Waals surface area contributed by atoms with Gasteiger partial charge in [-0.3, -0.25) is 14.5 Å². The van der Waals surface area contributed by atoms with Gasteiger partial charge in [-0.1, -0.05) is 0 Å². The Balaban J connectivity index is 1.64. The predicted octanol–water partition coefficient (Wildman–Crippen LogP) is 0.502. The molecule has 116 valence electrons. The highest BCUT2D eigenvalue weighted by Gasteiger charge is 2.22. The van der Waals surface area contributed by atoms with Crippen molar-refractivity contribution in [1.29, 1.82) is 0 Å². The Hall–Kier alpha value is -2.44. The molecule has 7 nitrogen and oxygen atoms in total. The first-order valence-corrected chi connectivity index (χ1v) is 7.45. The summed E-state index contributed by atoms with van der Waals surface area (Å²) in [6.45, 7) is 4.42. The van der Waals surface area contributed by atoms with Crippen LogP contribution in [-0.4, -0.2) is 32.2 Å².